The average Bonchev–Trinajstić information content (AvgIpc) is 2.77. The summed E-state index contributed by atoms with van der Waals surface area (Å²) >= 11 is 0. The highest BCUT2D eigenvalue weighted by Crippen LogP contribution is 2.32. The van der Waals surface area contributed by atoms with E-state index >= 15 is 0 Å². The first-order valence-electron chi connectivity index (χ1n) is 5.57. The molecule has 1 N–H and O–H groups in total. The number of fused-ring (bicyclic) bond motifs is 1. The van der Waals surface area contributed by atoms with Crippen LogP contribution in [0.15, 0.2) is 15.8 Å². The summed E-state index contributed by atoms with van der Waals surface area (Å²) in [5, 5.41) is 4.42. The summed E-state index contributed by atoms with van der Waals surface area (Å²) in [6.45, 7) is 1.87. The van der Waals surface area contributed by atoms with E-state index in [1.165, 1.54) is 10.8 Å². The van der Waals surface area contributed by atoms with Gasteiger partial charge in [-0.2, -0.15) is 4.89 Å². The molecular weight excluding hydrogens is 244 g/mol. The van der Waals surface area contributed by atoms with Crippen molar-refractivity contribution in [2.75, 3.05) is 6.61 Å². The van der Waals surface area contributed by atoms with Crippen molar-refractivity contribution in [1.82, 2.24) is 9.55 Å². The molecule has 0 unspecified atom stereocenters. The quantitative estimate of drug-likeness (QED) is 0.674. The summed E-state index contributed by atoms with van der Waals surface area (Å²) in [5.74, 6) is 0. The molecule has 0 aliphatic carbocycles. The summed E-state index contributed by atoms with van der Waals surface area (Å²) in [6, 6.07) is 0. The normalized spacial score (nSPS) is 31.3. The van der Waals surface area contributed by atoms with Crippen LogP contribution in [0.5, 0.6) is 0 Å². The van der Waals surface area contributed by atoms with Crippen LogP contribution in [0.1, 0.15) is 18.2 Å². The van der Waals surface area contributed by atoms with Crippen LogP contribution >= 0.6 is 0 Å². The zero-order valence-electron chi connectivity index (χ0n) is 9.62. The van der Waals surface area contributed by atoms with Gasteiger partial charge in [0.25, 0.3) is 5.56 Å². The Bertz CT molecular complexity index is 550. The molecule has 2 saturated heterocycles. The molecule has 2 aliphatic heterocycles. The average molecular weight is 256 g/mol. The monoisotopic (exact) mass is 256 g/mol. The van der Waals surface area contributed by atoms with E-state index in [1.54, 1.807) is 6.92 Å². The van der Waals surface area contributed by atoms with Crippen LogP contribution in [0.25, 0.3) is 0 Å². The minimum absolute atomic E-state index is 0.248. The number of H-pyrrole nitrogens is 1. The van der Waals surface area contributed by atoms with E-state index in [0.717, 1.165) is 0 Å². The van der Waals surface area contributed by atoms with Crippen molar-refractivity contribution in [3.8, 4) is 0 Å². The molecule has 18 heavy (non-hydrogen) atoms. The largest absolute Gasteiger partial charge is 0.349 e. The lowest BCUT2D eigenvalue weighted by molar-refractivity contribution is -0.555. The van der Waals surface area contributed by atoms with Gasteiger partial charge in [0.15, 0.2) is 0 Å². The van der Waals surface area contributed by atoms with Crippen LogP contribution in [-0.2, 0) is 19.6 Å². The van der Waals surface area contributed by atoms with Crippen molar-refractivity contribution in [3.05, 3.63) is 32.6 Å². The molecule has 0 amide bonds. The number of hydrogen-bond donors (Lipinski definition) is 1. The second-order valence-electron chi connectivity index (χ2n) is 4.33. The smallest absolute Gasteiger partial charge is 0.330 e. The molecule has 0 radical (unpaired) electrons. The lowest BCUT2D eigenvalue weighted by Crippen LogP contribution is -2.34. The standard InChI is InChI=1S/C10H12N2O6/c1-5-3-12(10(14)11-9(5)13)8-2-6-7(16-8)4-15-18-17-6/h3,6-8H,2,4H2,1H3,(H,11,13,14)/t6-,7+,8-/m1/s1. The number of aryl methyl sites for hydroxylation is 1. The van der Waals surface area contributed by atoms with Gasteiger partial charge in [-0.3, -0.25) is 14.3 Å². The van der Waals surface area contributed by atoms with E-state index in [-0.39, 0.29) is 18.8 Å². The molecule has 8 heteroatoms. The summed E-state index contributed by atoms with van der Waals surface area (Å²) in [6.07, 6.45) is 0.892. The van der Waals surface area contributed by atoms with Gasteiger partial charge in [-0.25, -0.2) is 9.68 Å². The molecule has 2 aliphatic rings. The van der Waals surface area contributed by atoms with Gasteiger partial charge in [0.05, 0.1) is 0 Å². The van der Waals surface area contributed by atoms with E-state index in [4.69, 9.17) is 9.62 Å². The lowest BCUT2D eigenvalue weighted by atomic mass is 10.2. The van der Waals surface area contributed by atoms with Crippen molar-refractivity contribution < 1.29 is 19.6 Å². The Morgan fingerprint density at radius 1 is 1.39 bits per heavy atom. The molecule has 1 aromatic rings. The fraction of sp³-hybridized carbons (Fsp3) is 0.600. The third kappa shape index (κ3) is 1.89. The molecule has 3 atom stereocenters. The molecule has 2 fully saturated rings. The molecule has 98 valence electrons. The number of aromatic nitrogens is 2. The third-order valence-corrected chi connectivity index (χ3v) is 3.08. The van der Waals surface area contributed by atoms with E-state index in [2.05, 4.69) is 14.9 Å². The van der Waals surface area contributed by atoms with Gasteiger partial charge in [-0.1, -0.05) is 5.04 Å². The lowest BCUT2D eigenvalue weighted by Gasteiger charge is -2.20. The van der Waals surface area contributed by atoms with Gasteiger partial charge < -0.3 is 4.74 Å². The highest BCUT2D eigenvalue weighted by molar-refractivity contribution is 5.02. The highest BCUT2D eigenvalue weighted by Gasteiger charge is 2.41. The fourth-order valence-electron chi connectivity index (χ4n) is 2.10. The maximum absolute atomic E-state index is 11.7. The molecule has 3 heterocycles. The van der Waals surface area contributed by atoms with Gasteiger partial charge in [-0.15, -0.1) is 0 Å². The van der Waals surface area contributed by atoms with Gasteiger partial charge in [0, 0.05) is 18.2 Å². The Morgan fingerprint density at radius 3 is 3.00 bits per heavy atom. The number of aromatic amines is 1. The number of rotatable bonds is 1. The van der Waals surface area contributed by atoms with Gasteiger partial charge in [0.2, 0.25) is 0 Å². The molecule has 0 spiro atoms. The Labute approximate surface area is 101 Å². The number of nitrogens with one attached hydrogen (secondary N) is 1. The summed E-state index contributed by atoms with van der Waals surface area (Å²) in [4.78, 5) is 34.8. The maximum atomic E-state index is 11.7. The second kappa shape index (κ2) is 4.32. The summed E-state index contributed by atoms with van der Waals surface area (Å²) < 4.78 is 6.98. The molecule has 8 nitrogen and oxygen atoms in total. The van der Waals surface area contributed by atoms with Crippen LogP contribution < -0.4 is 11.2 Å². The van der Waals surface area contributed by atoms with E-state index in [9.17, 15) is 9.59 Å². The molecule has 1 aromatic heterocycles. The van der Waals surface area contributed by atoms with Crippen molar-refractivity contribution in [3.63, 3.8) is 0 Å². The molecule has 0 bridgehead atoms. The molecule has 3 rings (SSSR count). The number of ether oxygens (including phenoxy) is 1. The zero-order valence-corrected chi connectivity index (χ0v) is 9.62. The van der Waals surface area contributed by atoms with Crippen molar-refractivity contribution in [2.45, 2.75) is 31.8 Å². The minimum atomic E-state index is -0.504. The fourth-order valence-corrected chi connectivity index (χ4v) is 2.10. The van der Waals surface area contributed by atoms with Crippen LogP contribution in [-0.4, -0.2) is 28.4 Å². The number of nitrogens with zero attached hydrogens (tertiary/aromatic N) is 1. The van der Waals surface area contributed by atoms with E-state index in [1.807, 2.05) is 0 Å². The van der Waals surface area contributed by atoms with E-state index < -0.39 is 17.5 Å². The highest BCUT2D eigenvalue weighted by atomic mass is 17.5. The molecule has 0 saturated carbocycles. The predicted molar refractivity (Wildman–Crippen MR) is 56.5 cm³/mol. The minimum Gasteiger partial charge on any atom is -0.349 e. The predicted octanol–water partition coefficient (Wildman–Crippen LogP) is -0.605. The van der Waals surface area contributed by atoms with Crippen LogP contribution in [0, 0.1) is 6.92 Å². The summed E-state index contributed by atoms with van der Waals surface area (Å²) in [5.41, 5.74) is -0.452. The summed E-state index contributed by atoms with van der Waals surface area (Å²) in [7, 11) is 0. The third-order valence-electron chi connectivity index (χ3n) is 3.08. The van der Waals surface area contributed by atoms with Crippen molar-refractivity contribution >= 4 is 0 Å². The van der Waals surface area contributed by atoms with Crippen molar-refractivity contribution in [1.29, 1.82) is 0 Å². The number of hydrogen-bond acceptors (Lipinski definition) is 6. The SMILES string of the molecule is Cc1cn([C@H]2C[C@H]3OOOC[C@@H]3O2)c(=O)[nH]c1=O. The molecule has 0 aromatic carbocycles. The first-order valence-corrected chi connectivity index (χ1v) is 5.57. The van der Waals surface area contributed by atoms with E-state index in [0.29, 0.717) is 12.0 Å². The maximum Gasteiger partial charge on any atom is 0.330 e. The first kappa shape index (κ1) is 11.6. The van der Waals surface area contributed by atoms with Gasteiger partial charge in [-0.05, 0) is 6.92 Å². The molecular formula is C10H12N2O6. The Hall–Kier alpha value is -1.48. The van der Waals surface area contributed by atoms with Crippen LogP contribution in [0.2, 0.25) is 0 Å². The van der Waals surface area contributed by atoms with Crippen LogP contribution in [0.4, 0.5) is 0 Å². The Kier molecular flexibility index (Phi) is 2.78. The zero-order chi connectivity index (χ0) is 12.7. The topological polar surface area (TPSA) is 91.8 Å². The second-order valence-corrected chi connectivity index (χ2v) is 4.33. The van der Waals surface area contributed by atoms with Crippen molar-refractivity contribution in [2.24, 2.45) is 0 Å². The van der Waals surface area contributed by atoms with Gasteiger partial charge >= 0.3 is 5.69 Å². The van der Waals surface area contributed by atoms with Gasteiger partial charge in [0.1, 0.15) is 25.0 Å². The Balaban J connectivity index is 1.90. The van der Waals surface area contributed by atoms with Crippen LogP contribution in [0.3, 0.4) is 0 Å². The Morgan fingerprint density at radius 2 is 2.22 bits per heavy atom. The first-order chi connectivity index (χ1) is 8.65.